The molecular weight excluding hydrogens is 807 g/mol. The van der Waals surface area contributed by atoms with Crippen molar-refractivity contribution in [2.45, 2.75) is 92.7 Å². The third-order valence-electron chi connectivity index (χ3n) is 9.62. The van der Waals surface area contributed by atoms with Gasteiger partial charge in [0.25, 0.3) is 0 Å². The van der Waals surface area contributed by atoms with Crippen molar-refractivity contribution in [2.75, 3.05) is 4.98 Å². The van der Waals surface area contributed by atoms with Crippen LogP contribution in [-0.4, -0.2) is 15.6 Å². The predicted molar refractivity (Wildman–Crippen MR) is 226 cm³/mol. The van der Waals surface area contributed by atoms with Crippen molar-refractivity contribution in [1.29, 1.82) is 0 Å². The summed E-state index contributed by atoms with van der Waals surface area (Å²) < 4.78 is 2.21. The fraction of sp³-hybridized carbons (Fsp3) is 0.368. The molecule has 2 aromatic heterocycles. The molecule has 6 rings (SSSR count). The minimum atomic E-state index is -1.72. The summed E-state index contributed by atoms with van der Waals surface area (Å²) in [6.07, 6.45) is 0. The van der Waals surface area contributed by atoms with Crippen molar-refractivity contribution in [3.05, 3.63) is 116 Å². The molecule has 2 unspecified atom stereocenters. The molecule has 2 aliphatic rings. The van der Waals surface area contributed by atoms with E-state index in [1.165, 1.54) is 49.5 Å². The molecule has 48 heavy (non-hydrogen) atoms. The Morgan fingerprint density at radius 2 is 1.04 bits per heavy atom. The first-order valence-electron chi connectivity index (χ1n) is 16.0. The van der Waals surface area contributed by atoms with E-state index in [1.807, 2.05) is 48.7 Å². The van der Waals surface area contributed by atoms with Crippen LogP contribution < -0.4 is 23.8 Å². The number of hydrogen-bond acceptors (Lipinski definition) is 3. The molecule has 0 spiro atoms. The second kappa shape index (κ2) is 16.3. The Labute approximate surface area is 333 Å². The summed E-state index contributed by atoms with van der Waals surface area (Å²) >= 11 is 17.3. The number of rotatable bonds is 4. The van der Waals surface area contributed by atoms with Gasteiger partial charge in [-0.25, -0.2) is 0 Å². The van der Waals surface area contributed by atoms with Gasteiger partial charge in [0.05, 0.1) is 0 Å². The molecule has 2 aliphatic carbocycles. The summed E-state index contributed by atoms with van der Waals surface area (Å²) in [6, 6.07) is 12.8. The Kier molecular flexibility index (Phi) is 14.1. The molecule has 0 saturated heterocycles. The van der Waals surface area contributed by atoms with Crippen molar-refractivity contribution < 1.29 is 18.9 Å². The van der Waals surface area contributed by atoms with E-state index in [2.05, 4.69) is 140 Å². The molecule has 0 bridgehead atoms. The Hall–Kier alpha value is -0.799. The van der Waals surface area contributed by atoms with Gasteiger partial charge in [-0.15, -0.1) is 28.4 Å². The van der Waals surface area contributed by atoms with Gasteiger partial charge >= 0.3 is 18.9 Å². The second-order valence-electron chi connectivity index (χ2n) is 14.1. The average Bonchev–Trinajstić information content (AvgIpc) is 3.71. The molecule has 252 valence electrons. The first kappa shape index (κ1) is 41.6. The average molecular weight is 855 g/mol. The largest absolute Gasteiger partial charge is 1.00 e. The summed E-state index contributed by atoms with van der Waals surface area (Å²) in [5.41, 5.74) is 24.2. The van der Waals surface area contributed by atoms with Gasteiger partial charge in [-0.2, -0.15) is 11.1 Å². The van der Waals surface area contributed by atoms with Gasteiger partial charge in [0.15, 0.2) is 15.6 Å². The van der Waals surface area contributed by atoms with Gasteiger partial charge in [0, 0.05) is 35.5 Å². The number of thiophene rings is 2. The van der Waals surface area contributed by atoms with Gasteiger partial charge in [-0.05, 0) is 136 Å². The molecule has 0 amide bonds. The topological polar surface area (TPSA) is 35.8 Å². The van der Waals surface area contributed by atoms with Gasteiger partial charge in [-0.3, -0.25) is 0 Å². The van der Waals surface area contributed by atoms with Gasteiger partial charge in [-0.1, -0.05) is 80.3 Å². The van der Waals surface area contributed by atoms with Crippen LogP contribution in [0.2, 0.25) is 26.2 Å². The smallest absolute Gasteiger partial charge is 0.698 e. The van der Waals surface area contributed by atoms with Gasteiger partial charge in [0.2, 0.25) is 0 Å². The van der Waals surface area contributed by atoms with Gasteiger partial charge in [0.1, 0.15) is 0 Å². The van der Waals surface area contributed by atoms with Gasteiger partial charge < -0.3 is 10.7 Å². The van der Waals surface area contributed by atoms with Crippen LogP contribution in [0, 0.1) is 27.7 Å². The summed E-state index contributed by atoms with van der Waals surface area (Å²) in [5.74, 6) is 0. The van der Waals surface area contributed by atoms with E-state index in [0.29, 0.717) is 16.8 Å². The normalized spacial score (nSPS) is 16.8. The fourth-order valence-electron chi connectivity index (χ4n) is 7.07. The molecule has 0 fully saturated rings. The molecule has 0 saturated carbocycles. The van der Waals surface area contributed by atoms with Crippen molar-refractivity contribution in [3.8, 4) is 0 Å². The molecule has 10 heteroatoms. The van der Waals surface area contributed by atoms with Crippen molar-refractivity contribution >= 4 is 104 Å². The maximum absolute atomic E-state index is 7.52. The first-order valence-corrected chi connectivity index (χ1v) is 26.5. The monoisotopic (exact) mass is 852 g/mol. The Bertz CT molecular complexity index is 1820. The van der Waals surface area contributed by atoms with E-state index in [1.54, 1.807) is 10.5 Å². The van der Waals surface area contributed by atoms with E-state index in [9.17, 15) is 0 Å². The third-order valence-corrected chi connectivity index (χ3v) is 18.7. The fourth-order valence-corrected chi connectivity index (χ4v) is 19.0. The number of anilines is 1. The van der Waals surface area contributed by atoms with E-state index >= 15 is 0 Å². The van der Waals surface area contributed by atoms with Crippen LogP contribution in [0.4, 0.5) is 11.4 Å². The van der Waals surface area contributed by atoms with E-state index in [0.717, 1.165) is 20.1 Å². The number of halogens is 3. The van der Waals surface area contributed by atoms with E-state index in [4.69, 9.17) is 16.8 Å². The van der Waals surface area contributed by atoms with Crippen molar-refractivity contribution in [3.63, 3.8) is 0 Å². The Morgan fingerprint density at radius 3 is 1.46 bits per heavy atom. The maximum atomic E-state index is 7.52. The van der Waals surface area contributed by atoms with Crippen molar-refractivity contribution in [1.82, 2.24) is 0 Å². The molecule has 0 aliphatic heterocycles. The minimum absolute atomic E-state index is 0. The van der Waals surface area contributed by atoms with Crippen molar-refractivity contribution in [2.24, 2.45) is 0 Å². The number of fused-ring (bicyclic) bond motifs is 2. The summed E-state index contributed by atoms with van der Waals surface area (Å²) in [5, 5.41) is 4.43. The molecule has 2 nitrogen and oxygen atoms in total. The molecule has 2 atom stereocenters. The van der Waals surface area contributed by atoms with E-state index in [-0.39, 0.29) is 18.9 Å². The number of benzene rings is 2. The van der Waals surface area contributed by atoms with Crippen LogP contribution in [-0.2, 0) is 0 Å². The maximum Gasteiger partial charge on any atom is 1.00 e. The molecular formula is C38H48Br2ClLiN2S2Si2. The zero-order valence-corrected chi connectivity index (χ0v) is 38.3. The molecule has 4 aromatic rings. The predicted octanol–water partition coefficient (Wildman–Crippen LogP) is 12.2. The number of aryl methyl sites for hydroxylation is 4. The summed E-state index contributed by atoms with van der Waals surface area (Å²) in [6.45, 7) is 26.8. The Balaban J connectivity index is 0.000000213. The third kappa shape index (κ3) is 8.80. The number of nitrogens with one attached hydrogen (secondary N) is 2. The molecule has 2 N–H and O–H groups in total. The minimum Gasteiger partial charge on any atom is -0.698 e. The number of hydrogen-bond donors (Lipinski definition) is 1. The first-order chi connectivity index (χ1) is 21.8. The zero-order chi connectivity index (χ0) is 35.2. The van der Waals surface area contributed by atoms with Crippen LogP contribution in [0.25, 0.3) is 16.9 Å². The Morgan fingerprint density at radius 1 is 0.667 bits per heavy atom. The quantitative estimate of drug-likeness (QED) is 0.161. The molecule has 0 radical (unpaired) electrons. The summed E-state index contributed by atoms with van der Waals surface area (Å²) in [7, 11) is -3.34. The van der Waals surface area contributed by atoms with Crippen LogP contribution in [0.1, 0.15) is 81.9 Å². The zero-order valence-electron chi connectivity index (χ0n) is 30.7. The van der Waals surface area contributed by atoms with Crippen LogP contribution in [0.15, 0.2) is 67.2 Å². The summed E-state index contributed by atoms with van der Waals surface area (Å²) in [4.78, 5) is 7.07. The standard InChI is InChI=1S/C19H24BrNSSi.C11H15ClSSi.C8H9BrN.Li/c1-11-9-15(20)10-12(2)17(11)21-23(5,6)19-14(4)13(3)16-7-8-22-18(16)19;1-7-8(2)11(14(3,4)12)10-9(7)5-6-13-10;1-5-3-7(9)4-6(2)8(5)10;/h7-10,19,21H,1-6H3;5-6,11H,1-4H3;3-4,10H,1-2H3;/q;;-1;+1. The number of allylic oxidation sites excluding steroid dienone is 4. The van der Waals surface area contributed by atoms with Crippen LogP contribution >= 0.6 is 65.6 Å². The van der Waals surface area contributed by atoms with Crippen LogP contribution in [0.3, 0.4) is 0 Å². The van der Waals surface area contributed by atoms with Crippen LogP contribution in [0.5, 0.6) is 0 Å². The molecule has 2 heterocycles. The van der Waals surface area contributed by atoms with E-state index < -0.39 is 15.6 Å². The molecule has 2 aromatic carbocycles. The SMILES string of the molecule is CC1=C(C)C([Si](C)(C)Cl)c2sccc21.CC1=C(C)C([Si](C)(C)Nc2c(C)cc(Br)cc2C)c2sccc21.Cc1cc(Br)cc(C)c1[NH-].[Li+]. The second-order valence-corrected chi connectivity index (χ2v) is 28.7.